The molecule has 3 rings (SSSR count). The highest BCUT2D eigenvalue weighted by Crippen LogP contribution is 2.32. The Morgan fingerprint density at radius 1 is 0.925 bits per heavy atom. The first-order valence-corrected chi connectivity index (χ1v) is 12.7. The van der Waals surface area contributed by atoms with Crippen molar-refractivity contribution in [2.45, 2.75) is 50.8 Å². The molecule has 0 fully saturated rings. The van der Waals surface area contributed by atoms with Gasteiger partial charge in [0.1, 0.15) is 5.75 Å². The van der Waals surface area contributed by atoms with E-state index in [1.165, 1.54) is 48.6 Å². The van der Waals surface area contributed by atoms with Gasteiger partial charge in [-0.25, -0.2) is 4.79 Å². The summed E-state index contributed by atoms with van der Waals surface area (Å²) in [7, 11) is 0. The molecule has 3 aromatic rings. The van der Waals surface area contributed by atoms with Crippen LogP contribution in [0.5, 0.6) is 5.75 Å². The number of halogens is 5. The smallest absolute Gasteiger partial charge is 0.426 e. The Hall–Kier alpha value is -4.08. The van der Waals surface area contributed by atoms with Crippen molar-refractivity contribution in [1.29, 1.82) is 0 Å². The minimum atomic E-state index is -4.18. The van der Waals surface area contributed by atoms with Gasteiger partial charge in [0.25, 0.3) is 0 Å². The van der Waals surface area contributed by atoms with E-state index in [1.54, 1.807) is 30.3 Å². The minimum absolute atomic E-state index is 0.00543. The fourth-order valence-corrected chi connectivity index (χ4v) is 3.93. The number of benzene rings is 3. The number of anilines is 2. The lowest BCUT2D eigenvalue weighted by Gasteiger charge is -2.18. The third-order valence-electron chi connectivity index (χ3n) is 6.12. The van der Waals surface area contributed by atoms with Crippen molar-refractivity contribution in [3.05, 3.63) is 95.1 Å². The lowest BCUT2D eigenvalue weighted by molar-refractivity contribution is -0.185. The Balaban J connectivity index is 1.49. The molecule has 0 aromatic heterocycles. The molecule has 0 bridgehead atoms. The van der Waals surface area contributed by atoms with Gasteiger partial charge < -0.3 is 20.9 Å². The molecule has 0 aliphatic carbocycles. The molecule has 0 amide bonds. The maximum absolute atomic E-state index is 14.7. The third kappa shape index (κ3) is 9.59. The standard InChI is InChI=1S/C30H31F5N2O3/c1-20(26-15-12-24(36)18-27(26)37)19-39-28(38)16-9-22-5-10-23(11-6-22)30(34,35)40-25-13-7-21(8-14-25)4-2-3-17-29(31,32)33/h5-16,18,20H,2-4,17,19,36-37H2,1H3/b16-9+. The largest absolute Gasteiger partial charge is 0.462 e. The van der Waals surface area contributed by atoms with Crippen LogP contribution in [0.4, 0.5) is 33.3 Å². The molecular formula is C30H31F5N2O3. The fraction of sp³-hybridized carbons (Fsp3) is 0.300. The predicted molar refractivity (Wildman–Crippen MR) is 145 cm³/mol. The van der Waals surface area contributed by atoms with Crippen LogP contribution in [0.3, 0.4) is 0 Å². The Bertz CT molecular complexity index is 1290. The van der Waals surface area contributed by atoms with E-state index < -0.39 is 30.2 Å². The number of nitrogen functional groups attached to an aromatic ring is 2. The van der Waals surface area contributed by atoms with E-state index in [-0.39, 0.29) is 24.7 Å². The zero-order chi connectivity index (χ0) is 29.3. The zero-order valence-electron chi connectivity index (χ0n) is 21.9. The summed E-state index contributed by atoms with van der Waals surface area (Å²) in [6.07, 6.45) is -5.26. The number of nitrogens with two attached hydrogens (primary N) is 2. The summed E-state index contributed by atoms with van der Waals surface area (Å²) in [6, 6.07) is 16.2. The number of carbonyl (C=O) groups is 1. The van der Waals surface area contributed by atoms with Crippen molar-refractivity contribution < 1.29 is 36.2 Å². The van der Waals surface area contributed by atoms with Crippen molar-refractivity contribution >= 4 is 23.4 Å². The SMILES string of the molecule is CC(COC(=O)/C=C/c1ccc(C(F)(F)Oc2ccc(CCCCC(F)(F)F)cc2)cc1)c1ccc(N)cc1N. The molecule has 0 aliphatic heterocycles. The van der Waals surface area contributed by atoms with Gasteiger partial charge in [-0.05, 0) is 78.4 Å². The molecular weight excluding hydrogens is 531 g/mol. The van der Waals surface area contributed by atoms with Gasteiger partial charge >= 0.3 is 18.3 Å². The van der Waals surface area contributed by atoms with Crippen molar-refractivity contribution in [3.63, 3.8) is 0 Å². The number of unbranched alkanes of at least 4 members (excludes halogenated alkanes) is 1. The number of rotatable bonds is 12. The summed E-state index contributed by atoms with van der Waals surface area (Å²) in [4.78, 5) is 12.1. The monoisotopic (exact) mass is 562 g/mol. The van der Waals surface area contributed by atoms with Gasteiger partial charge in [-0.1, -0.05) is 37.3 Å². The topological polar surface area (TPSA) is 87.6 Å². The molecule has 1 atom stereocenters. The zero-order valence-corrected chi connectivity index (χ0v) is 21.9. The Kier molecular flexibility index (Phi) is 10.1. The summed E-state index contributed by atoms with van der Waals surface area (Å²) >= 11 is 0. The number of carbonyl (C=O) groups excluding carboxylic acids is 1. The number of alkyl halides is 5. The molecule has 5 nitrogen and oxygen atoms in total. The Labute approximate surface area is 229 Å². The van der Waals surface area contributed by atoms with Gasteiger partial charge in [-0.15, -0.1) is 0 Å². The Morgan fingerprint density at radius 3 is 2.23 bits per heavy atom. The highest BCUT2D eigenvalue weighted by Gasteiger charge is 2.34. The lowest BCUT2D eigenvalue weighted by atomic mass is 10.00. The fourth-order valence-electron chi connectivity index (χ4n) is 3.93. The molecule has 40 heavy (non-hydrogen) atoms. The maximum atomic E-state index is 14.7. The lowest BCUT2D eigenvalue weighted by Crippen LogP contribution is -2.21. The normalized spacial score (nSPS) is 12.8. The van der Waals surface area contributed by atoms with Gasteiger partial charge in [0.2, 0.25) is 0 Å². The van der Waals surface area contributed by atoms with Gasteiger partial charge in [0.05, 0.1) is 12.2 Å². The van der Waals surface area contributed by atoms with Crippen molar-refractivity contribution in [1.82, 2.24) is 0 Å². The second-order valence-electron chi connectivity index (χ2n) is 9.46. The average molecular weight is 563 g/mol. The van der Waals surface area contributed by atoms with E-state index in [0.29, 0.717) is 29.8 Å². The summed E-state index contributed by atoms with van der Waals surface area (Å²) in [5, 5.41) is 0. The van der Waals surface area contributed by atoms with E-state index in [4.69, 9.17) is 20.9 Å². The quantitative estimate of drug-likeness (QED) is 0.0780. The summed E-state index contributed by atoms with van der Waals surface area (Å²) in [6.45, 7) is 1.95. The molecule has 0 saturated carbocycles. The molecule has 214 valence electrons. The van der Waals surface area contributed by atoms with Gasteiger partial charge in [0, 0.05) is 29.8 Å². The van der Waals surface area contributed by atoms with Crippen LogP contribution in [0, 0.1) is 0 Å². The second kappa shape index (κ2) is 13.3. The van der Waals surface area contributed by atoms with Crippen LogP contribution in [0.15, 0.2) is 72.8 Å². The number of ether oxygens (including phenoxy) is 2. The van der Waals surface area contributed by atoms with Crippen LogP contribution in [-0.4, -0.2) is 18.8 Å². The first-order valence-electron chi connectivity index (χ1n) is 12.7. The predicted octanol–water partition coefficient (Wildman–Crippen LogP) is 7.61. The van der Waals surface area contributed by atoms with Gasteiger partial charge in [-0.3, -0.25) is 0 Å². The van der Waals surface area contributed by atoms with Crippen LogP contribution in [-0.2, 0) is 22.1 Å². The van der Waals surface area contributed by atoms with Crippen molar-refractivity contribution in [2.75, 3.05) is 18.1 Å². The molecule has 0 radical (unpaired) electrons. The number of aryl methyl sites for hydroxylation is 1. The van der Waals surface area contributed by atoms with Crippen LogP contribution >= 0.6 is 0 Å². The molecule has 0 spiro atoms. The van der Waals surface area contributed by atoms with E-state index in [1.807, 2.05) is 6.92 Å². The summed E-state index contributed by atoms with van der Waals surface area (Å²) < 4.78 is 76.2. The van der Waals surface area contributed by atoms with E-state index in [0.717, 1.165) is 11.1 Å². The maximum Gasteiger partial charge on any atom is 0.426 e. The molecule has 1 unspecified atom stereocenters. The van der Waals surface area contributed by atoms with Crippen molar-refractivity contribution in [2.24, 2.45) is 0 Å². The molecule has 4 N–H and O–H groups in total. The molecule has 0 heterocycles. The minimum Gasteiger partial charge on any atom is -0.462 e. The van der Waals surface area contributed by atoms with E-state index in [2.05, 4.69) is 0 Å². The first kappa shape index (κ1) is 30.5. The summed E-state index contributed by atoms with van der Waals surface area (Å²) in [5.41, 5.74) is 14.4. The molecule has 0 aliphatic rings. The number of hydrogen-bond acceptors (Lipinski definition) is 5. The van der Waals surface area contributed by atoms with Crippen LogP contribution in [0.2, 0.25) is 0 Å². The van der Waals surface area contributed by atoms with Crippen molar-refractivity contribution in [3.8, 4) is 5.75 Å². The highest BCUT2D eigenvalue weighted by atomic mass is 19.4. The molecule has 0 saturated heterocycles. The van der Waals surface area contributed by atoms with Gasteiger partial charge in [0.15, 0.2) is 0 Å². The molecule has 3 aromatic carbocycles. The molecule has 10 heteroatoms. The number of hydrogen-bond donors (Lipinski definition) is 2. The van der Waals surface area contributed by atoms with E-state index in [9.17, 15) is 26.7 Å². The third-order valence-corrected chi connectivity index (χ3v) is 6.12. The van der Waals surface area contributed by atoms with E-state index >= 15 is 0 Å². The van der Waals surface area contributed by atoms with Crippen LogP contribution in [0.25, 0.3) is 6.08 Å². The van der Waals surface area contributed by atoms with Crippen LogP contribution in [0.1, 0.15) is 54.4 Å². The number of esters is 1. The summed E-state index contributed by atoms with van der Waals surface area (Å²) in [5.74, 6) is -0.827. The Morgan fingerprint density at radius 2 is 1.60 bits per heavy atom. The second-order valence-corrected chi connectivity index (χ2v) is 9.46. The van der Waals surface area contributed by atoms with Gasteiger partial charge in [-0.2, -0.15) is 22.0 Å². The highest BCUT2D eigenvalue weighted by molar-refractivity contribution is 5.87. The average Bonchev–Trinajstić information content (AvgIpc) is 2.89. The van der Waals surface area contributed by atoms with Crippen LogP contribution < -0.4 is 16.2 Å². The first-order chi connectivity index (χ1) is 18.8.